The van der Waals surface area contributed by atoms with Crippen LogP contribution in [0.15, 0.2) is 58.3 Å². The van der Waals surface area contributed by atoms with E-state index < -0.39 is 11.9 Å². The van der Waals surface area contributed by atoms with Crippen LogP contribution in [-0.2, 0) is 0 Å². The molecule has 0 aliphatic carbocycles. The summed E-state index contributed by atoms with van der Waals surface area (Å²) in [6.45, 7) is 0. The molecule has 0 saturated carbocycles. The summed E-state index contributed by atoms with van der Waals surface area (Å²) < 4.78 is 0. The van der Waals surface area contributed by atoms with E-state index >= 15 is 0 Å². The Kier molecular flexibility index (Phi) is 3.87. The number of carboxylic acids is 1. The van der Waals surface area contributed by atoms with Crippen molar-refractivity contribution in [1.29, 1.82) is 0 Å². The van der Waals surface area contributed by atoms with E-state index in [9.17, 15) is 9.59 Å². The highest BCUT2D eigenvalue weighted by Gasteiger charge is 2.10. The van der Waals surface area contributed by atoms with E-state index in [-0.39, 0.29) is 5.56 Å². The first kappa shape index (κ1) is 13.2. The molecule has 0 heterocycles. The molecule has 0 aliphatic heterocycles. The number of carboxylic acid groups (broad SMARTS) is 1. The molecule has 2 aromatic carbocycles. The second-order valence-corrected chi connectivity index (χ2v) is 4.91. The van der Waals surface area contributed by atoms with Crippen LogP contribution in [0.4, 0.5) is 0 Å². The molecule has 2 aromatic rings. The lowest BCUT2D eigenvalue weighted by Gasteiger charge is -2.06. The molecule has 0 bridgehead atoms. The predicted molar refractivity (Wildman–Crippen MR) is 72.5 cm³/mol. The number of amides is 1. The topological polar surface area (TPSA) is 80.4 Å². The number of nitrogens with two attached hydrogens (primary N) is 1. The van der Waals surface area contributed by atoms with E-state index in [4.69, 9.17) is 10.8 Å². The fourth-order valence-electron chi connectivity index (χ4n) is 1.57. The molecule has 0 radical (unpaired) electrons. The van der Waals surface area contributed by atoms with Crippen molar-refractivity contribution in [2.75, 3.05) is 0 Å². The molecule has 0 aliphatic rings. The van der Waals surface area contributed by atoms with Crippen molar-refractivity contribution in [3.05, 3.63) is 59.7 Å². The number of hydrogen-bond donors (Lipinski definition) is 2. The maximum atomic E-state index is 11.1. The molecule has 2 rings (SSSR count). The zero-order valence-corrected chi connectivity index (χ0v) is 10.7. The van der Waals surface area contributed by atoms with Gasteiger partial charge in [-0.2, -0.15) is 0 Å². The summed E-state index contributed by atoms with van der Waals surface area (Å²) in [6.07, 6.45) is 0. The summed E-state index contributed by atoms with van der Waals surface area (Å²) in [6, 6.07) is 13.5. The minimum atomic E-state index is -0.978. The Morgan fingerprint density at radius 3 is 2.47 bits per heavy atom. The van der Waals surface area contributed by atoms with Gasteiger partial charge in [0, 0.05) is 15.4 Å². The van der Waals surface area contributed by atoms with Crippen molar-refractivity contribution in [2.24, 2.45) is 5.73 Å². The Bertz CT molecular complexity index is 640. The van der Waals surface area contributed by atoms with Crippen LogP contribution >= 0.6 is 11.8 Å². The number of aromatic carboxylic acids is 1. The molecule has 19 heavy (non-hydrogen) atoms. The van der Waals surface area contributed by atoms with Gasteiger partial charge in [0.25, 0.3) is 0 Å². The van der Waals surface area contributed by atoms with E-state index in [0.29, 0.717) is 10.5 Å². The number of benzene rings is 2. The zero-order valence-electron chi connectivity index (χ0n) is 9.87. The second kappa shape index (κ2) is 5.58. The first-order chi connectivity index (χ1) is 9.08. The number of carbonyl (C=O) groups excluding carboxylic acids is 1. The molecule has 0 saturated heterocycles. The van der Waals surface area contributed by atoms with Gasteiger partial charge >= 0.3 is 5.97 Å². The SMILES string of the molecule is NC(=O)c1cccc(Sc2ccccc2C(=O)O)c1. The van der Waals surface area contributed by atoms with Crippen molar-refractivity contribution in [1.82, 2.24) is 0 Å². The van der Waals surface area contributed by atoms with Gasteiger partial charge in [-0.1, -0.05) is 30.0 Å². The quantitative estimate of drug-likeness (QED) is 0.897. The van der Waals surface area contributed by atoms with Gasteiger partial charge in [0.1, 0.15) is 0 Å². The maximum Gasteiger partial charge on any atom is 0.336 e. The predicted octanol–water partition coefficient (Wildman–Crippen LogP) is 2.63. The standard InChI is InChI=1S/C14H11NO3S/c15-13(16)9-4-3-5-10(8-9)19-12-7-2-1-6-11(12)14(17)18/h1-8H,(H2,15,16)(H,17,18). The average molecular weight is 273 g/mol. The van der Waals surface area contributed by atoms with Crippen molar-refractivity contribution < 1.29 is 14.7 Å². The normalized spacial score (nSPS) is 10.1. The largest absolute Gasteiger partial charge is 0.478 e. The number of hydrogen-bond acceptors (Lipinski definition) is 3. The van der Waals surface area contributed by atoms with Gasteiger partial charge < -0.3 is 10.8 Å². The Balaban J connectivity index is 2.34. The van der Waals surface area contributed by atoms with Crippen molar-refractivity contribution in [2.45, 2.75) is 9.79 Å². The van der Waals surface area contributed by atoms with E-state index in [2.05, 4.69) is 0 Å². The lowest BCUT2D eigenvalue weighted by Crippen LogP contribution is -2.10. The Labute approximate surface area is 114 Å². The van der Waals surface area contributed by atoms with E-state index in [1.165, 1.54) is 11.8 Å². The highest BCUT2D eigenvalue weighted by molar-refractivity contribution is 7.99. The van der Waals surface area contributed by atoms with Gasteiger partial charge in [-0.05, 0) is 30.3 Å². The molecule has 96 valence electrons. The highest BCUT2D eigenvalue weighted by Crippen LogP contribution is 2.30. The van der Waals surface area contributed by atoms with Crippen LogP contribution in [0.25, 0.3) is 0 Å². The zero-order chi connectivity index (χ0) is 13.8. The van der Waals surface area contributed by atoms with Gasteiger partial charge in [0.05, 0.1) is 5.56 Å². The Hall–Kier alpha value is -2.27. The average Bonchev–Trinajstić information content (AvgIpc) is 2.39. The molecule has 4 nitrogen and oxygen atoms in total. The van der Waals surface area contributed by atoms with Crippen molar-refractivity contribution in [3.8, 4) is 0 Å². The van der Waals surface area contributed by atoms with Gasteiger partial charge in [-0.3, -0.25) is 4.79 Å². The van der Waals surface area contributed by atoms with Crippen LogP contribution in [0, 0.1) is 0 Å². The number of rotatable bonds is 4. The summed E-state index contributed by atoms with van der Waals surface area (Å²) >= 11 is 1.29. The highest BCUT2D eigenvalue weighted by atomic mass is 32.2. The summed E-state index contributed by atoms with van der Waals surface area (Å²) in [5, 5.41) is 9.10. The van der Waals surface area contributed by atoms with Crippen LogP contribution in [-0.4, -0.2) is 17.0 Å². The minimum Gasteiger partial charge on any atom is -0.478 e. The molecule has 0 unspecified atom stereocenters. The first-order valence-corrected chi connectivity index (χ1v) is 6.29. The third-order valence-electron chi connectivity index (χ3n) is 2.46. The number of carbonyl (C=O) groups is 2. The molecule has 0 spiro atoms. The van der Waals surface area contributed by atoms with Crippen molar-refractivity contribution in [3.63, 3.8) is 0 Å². The van der Waals surface area contributed by atoms with Crippen LogP contribution in [0.3, 0.4) is 0 Å². The molecule has 5 heteroatoms. The third kappa shape index (κ3) is 3.14. The van der Waals surface area contributed by atoms with E-state index in [1.807, 2.05) is 0 Å². The van der Waals surface area contributed by atoms with Gasteiger partial charge in [0.2, 0.25) is 5.91 Å². The molecular formula is C14H11NO3S. The first-order valence-electron chi connectivity index (χ1n) is 5.48. The van der Waals surface area contributed by atoms with Gasteiger partial charge in [-0.15, -0.1) is 0 Å². The van der Waals surface area contributed by atoms with Crippen LogP contribution in [0.2, 0.25) is 0 Å². The molecule has 3 N–H and O–H groups in total. The fraction of sp³-hybridized carbons (Fsp3) is 0. The van der Waals surface area contributed by atoms with Crippen LogP contribution in [0.1, 0.15) is 20.7 Å². The lowest BCUT2D eigenvalue weighted by molar-refractivity contribution is 0.0693. The Morgan fingerprint density at radius 1 is 1.05 bits per heavy atom. The molecule has 0 aromatic heterocycles. The molecule has 0 atom stereocenters. The van der Waals surface area contributed by atoms with E-state index in [0.717, 1.165) is 4.90 Å². The molecule has 1 amide bonds. The Morgan fingerprint density at radius 2 is 1.79 bits per heavy atom. The lowest BCUT2D eigenvalue weighted by atomic mass is 10.2. The fourth-order valence-corrected chi connectivity index (χ4v) is 2.57. The summed E-state index contributed by atoms with van der Waals surface area (Å²) in [5.41, 5.74) is 5.85. The van der Waals surface area contributed by atoms with Crippen LogP contribution < -0.4 is 5.73 Å². The monoisotopic (exact) mass is 273 g/mol. The maximum absolute atomic E-state index is 11.1. The molecule has 0 fully saturated rings. The van der Waals surface area contributed by atoms with Crippen molar-refractivity contribution >= 4 is 23.6 Å². The second-order valence-electron chi connectivity index (χ2n) is 3.80. The van der Waals surface area contributed by atoms with E-state index in [1.54, 1.807) is 48.5 Å². The smallest absolute Gasteiger partial charge is 0.336 e. The van der Waals surface area contributed by atoms with Gasteiger partial charge in [0.15, 0.2) is 0 Å². The summed E-state index contributed by atoms with van der Waals surface area (Å²) in [5.74, 6) is -1.48. The third-order valence-corrected chi connectivity index (χ3v) is 3.53. The summed E-state index contributed by atoms with van der Waals surface area (Å²) in [7, 11) is 0. The van der Waals surface area contributed by atoms with Gasteiger partial charge in [-0.25, -0.2) is 4.79 Å². The minimum absolute atomic E-state index is 0.233. The summed E-state index contributed by atoms with van der Waals surface area (Å²) in [4.78, 5) is 23.6. The number of primary amides is 1. The van der Waals surface area contributed by atoms with Crippen LogP contribution in [0.5, 0.6) is 0 Å². The molecular weight excluding hydrogens is 262 g/mol.